The van der Waals surface area contributed by atoms with Crippen LogP contribution in [0.1, 0.15) is 152 Å². The molecule has 660 valence electrons. The predicted octanol–water partition coefficient (Wildman–Crippen LogP) is 17.5. The summed E-state index contributed by atoms with van der Waals surface area (Å²) in [5, 5.41) is 3.21. The number of hydrogen-bond acceptors (Lipinski definition) is 17. The Morgan fingerprint density at radius 3 is 1.15 bits per heavy atom. The van der Waals surface area contributed by atoms with Gasteiger partial charge in [0, 0.05) is 96.1 Å². The Kier molecular flexibility index (Phi) is 27.7. The van der Waals surface area contributed by atoms with Crippen LogP contribution in [0.25, 0.3) is 50.1 Å². The second kappa shape index (κ2) is 37.9. The van der Waals surface area contributed by atoms with Gasteiger partial charge in [0.2, 0.25) is 20.0 Å². The van der Waals surface area contributed by atoms with Crippen LogP contribution in [-0.4, -0.2) is 157 Å². The molecule has 6 aliphatic rings. The van der Waals surface area contributed by atoms with Gasteiger partial charge in [-0.05, 0) is 255 Å². The SMILES string of the molecule is CC(C)(C)OC(=O)N1CC=C(c2cc(C(F)(F)F)ccc2-c2cccc3c2CCCC3)CC1.CC(C)(C)OC(=O)N1CC=C(c2cc(C(F)(F)F)ccc2-c2cccc3c2CCN(S(=O)(=O)Cc2ccncn2)C3)CC1.O=S(=O)(Cc1ccncn1)N1CCc2c(cccc2-c2ccc(C(F)(F)F)cc2C2=CCNCC2)C1.O=S(=O)(n1ccnc1)n1ccnc1. The number of aromatic nitrogens is 8. The summed E-state index contributed by atoms with van der Waals surface area (Å²) in [6, 6.07) is 32.2. The molecule has 2 amide bonds. The van der Waals surface area contributed by atoms with Gasteiger partial charge in [0.05, 0.1) is 28.1 Å². The quantitative estimate of drug-likeness (QED) is 0.0991. The van der Waals surface area contributed by atoms with Crippen molar-refractivity contribution in [3.63, 3.8) is 0 Å². The number of carbonyl (C=O) groups is 2. The molecular weight excluding hydrogens is 1690 g/mol. The molecule has 0 saturated carbocycles. The van der Waals surface area contributed by atoms with Crippen molar-refractivity contribution in [1.29, 1.82) is 0 Å². The minimum Gasteiger partial charge on any atom is -0.444 e. The van der Waals surface area contributed by atoms with Crippen LogP contribution < -0.4 is 5.32 Å². The number of amides is 2. The fourth-order valence-electron chi connectivity index (χ4n) is 15.8. The molecule has 0 saturated heterocycles. The van der Waals surface area contributed by atoms with Gasteiger partial charge in [-0.3, -0.25) is 0 Å². The van der Waals surface area contributed by atoms with Gasteiger partial charge >= 0.3 is 40.9 Å². The number of benzene rings is 6. The van der Waals surface area contributed by atoms with Crippen LogP contribution in [0.15, 0.2) is 202 Å². The maximum atomic E-state index is 13.8. The number of nitrogens with zero attached hydrogens (tertiary/aromatic N) is 12. The minimum absolute atomic E-state index is 0.153. The summed E-state index contributed by atoms with van der Waals surface area (Å²) >= 11 is 0. The van der Waals surface area contributed by atoms with Crippen molar-refractivity contribution >= 4 is 59.2 Å². The molecule has 35 heteroatoms. The van der Waals surface area contributed by atoms with E-state index in [9.17, 15) is 74.4 Å². The van der Waals surface area contributed by atoms with E-state index in [-0.39, 0.29) is 37.7 Å². The van der Waals surface area contributed by atoms with E-state index < -0.39 is 88.9 Å². The predicted molar refractivity (Wildman–Crippen MR) is 455 cm³/mol. The van der Waals surface area contributed by atoms with Crippen molar-refractivity contribution in [2.75, 3.05) is 52.4 Å². The van der Waals surface area contributed by atoms with Crippen molar-refractivity contribution in [2.24, 2.45) is 0 Å². The van der Waals surface area contributed by atoms with Crippen LogP contribution >= 0.6 is 0 Å². The molecule has 0 unspecified atom stereocenters. The van der Waals surface area contributed by atoms with Crippen molar-refractivity contribution in [2.45, 2.75) is 154 Å². The number of imidazole rings is 2. The number of halogens is 9. The smallest absolute Gasteiger partial charge is 0.416 e. The topological polar surface area (TPSA) is 267 Å². The first-order valence-electron chi connectivity index (χ1n) is 40.6. The molecule has 125 heavy (non-hydrogen) atoms. The van der Waals surface area contributed by atoms with Gasteiger partial charge in [0.1, 0.15) is 48.0 Å². The van der Waals surface area contributed by atoms with E-state index in [4.69, 9.17) is 9.47 Å². The Morgan fingerprint density at radius 2 is 0.808 bits per heavy atom. The molecule has 0 fully saturated rings. The number of sulfonamides is 2. The molecule has 9 heterocycles. The van der Waals surface area contributed by atoms with Crippen LogP contribution in [0.3, 0.4) is 0 Å². The Morgan fingerprint density at radius 1 is 0.416 bits per heavy atom. The lowest BCUT2D eigenvalue weighted by atomic mass is 9.82. The highest BCUT2D eigenvalue weighted by atomic mass is 32.2. The average molecular weight is 1790 g/mol. The van der Waals surface area contributed by atoms with E-state index in [1.54, 1.807) is 62.1 Å². The summed E-state index contributed by atoms with van der Waals surface area (Å²) in [7, 11) is -10.8. The number of hydrogen-bond donors (Lipinski definition) is 1. The van der Waals surface area contributed by atoms with E-state index in [0.29, 0.717) is 111 Å². The standard InChI is InChI=1S/C31H33F3N4O4S.C27H30F3NO2.C26H25F3N4O2S.C6H6N4O2S/c1-30(2,3)42-29(39)37-14-10-21(11-15-37)28-17-23(31(32,33)34)7-8-27(28)26-6-4-5-22-18-38(16-12-25(22)26)43(40,41)19-24-9-13-35-20-36-24;1-26(2,3)33-25(32)31-15-13-19(14-16-31)24-17-20(27(28,29)30)11-12-23(24)22-10-6-8-18-7-4-5-9-21(18)22;27-26(28,29)20-4-5-24(25(14-20)18-6-10-30-11-7-18)23-3-1-2-19-15-33(13-9-22(19)23)36(34,35)16-21-8-12-31-17-32-21;11-13(12,9-3-1-7-5-9)10-4-2-8-6-10/h4-10,13,17,20H,11-12,14-16,18-19H2,1-3H3;6,8,10-13,17H,4-5,7,9,14-16H2,1-3H3;1-6,8,12,14,17,30H,7,9-11,13,15-16H2;1-6H. The first-order chi connectivity index (χ1) is 59.2. The molecule has 16 rings (SSSR count). The number of nitrogens with one attached hydrogen (secondary N) is 1. The van der Waals surface area contributed by atoms with Gasteiger partial charge in [-0.15, -0.1) is 0 Å². The van der Waals surface area contributed by atoms with E-state index >= 15 is 0 Å². The van der Waals surface area contributed by atoms with Crippen molar-refractivity contribution in [3.8, 4) is 33.4 Å². The van der Waals surface area contributed by atoms with Gasteiger partial charge in [0.15, 0.2) is 0 Å². The van der Waals surface area contributed by atoms with Gasteiger partial charge < -0.3 is 24.6 Å². The van der Waals surface area contributed by atoms with Crippen LogP contribution in [0.5, 0.6) is 0 Å². The van der Waals surface area contributed by atoms with Gasteiger partial charge in [0.25, 0.3) is 0 Å². The Hall–Kier alpha value is -11.2. The summed E-state index contributed by atoms with van der Waals surface area (Å²) in [5.74, 6) is -0.460. The fraction of sp³-hybridized carbons (Fsp3) is 0.356. The number of rotatable bonds is 14. The Bertz CT molecular complexity index is 5980. The molecule has 10 aromatic rings. The van der Waals surface area contributed by atoms with Crippen LogP contribution in [0.4, 0.5) is 49.1 Å². The third kappa shape index (κ3) is 22.7. The Balaban J connectivity index is 0.000000151. The molecule has 0 radical (unpaired) electrons. The molecule has 23 nitrogen and oxygen atoms in total. The molecule has 0 spiro atoms. The Labute approximate surface area is 720 Å². The second-order valence-electron chi connectivity index (χ2n) is 32.7. The van der Waals surface area contributed by atoms with E-state index in [1.807, 2.05) is 75.4 Å². The van der Waals surface area contributed by atoms with Gasteiger partial charge in [-0.1, -0.05) is 91.0 Å². The zero-order chi connectivity index (χ0) is 89.4. The summed E-state index contributed by atoms with van der Waals surface area (Å²) in [6.07, 6.45) is 11.4. The van der Waals surface area contributed by atoms with Gasteiger partial charge in [-0.2, -0.15) is 56.5 Å². The number of aryl methyl sites for hydroxylation is 1. The monoisotopic (exact) mass is 1780 g/mol. The highest BCUT2D eigenvalue weighted by Crippen LogP contribution is 2.45. The van der Waals surface area contributed by atoms with Gasteiger partial charge in [-0.25, -0.2) is 64.3 Å². The third-order valence-corrected chi connectivity index (χ3v) is 26.8. The zero-order valence-corrected chi connectivity index (χ0v) is 71.9. The van der Waals surface area contributed by atoms with E-state index in [2.05, 4.69) is 41.3 Å². The fourth-order valence-corrected chi connectivity index (χ4v) is 19.6. The summed E-state index contributed by atoms with van der Waals surface area (Å²) in [5.41, 5.74) is 12.5. The molecule has 4 aromatic heterocycles. The summed E-state index contributed by atoms with van der Waals surface area (Å²) < 4.78 is 214. The summed E-state index contributed by atoms with van der Waals surface area (Å²) in [6.45, 7) is 14.2. The first-order valence-corrected chi connectivity index (χ1v) is 45.2. The largest absolute Gasteiger partial charge is 0.444 e. The van der Waals surface area contributed by atoms with Crippen LogP contribution in [-0.2, 0) is 109 Å². The average Bonchev–Trinajstić information content (AvgIpc) is 0.842. The maximum absolute atomic E-state index is 13.8. The lowest BCUT2D eigenvalue weighted by Gasteiger charge is -2.31. The van der Waals surface area contributed by atoms with Crippen LogP contribution in [0, 0.1) is 0 Å². The van der Waals surface area contributed by atoms with E-state index in [0.717, 1.165) is 107 Å². The van der Waals surface area contributed by atoms with Crippen molar-refractivity contribution < 1.29 is 83.8 Å². The molecule has 1 N–H and O–H groups in total. The normalized spacial score (nSPS) is 16.2. The zero-order valence-electron chi connectivity index (χ0n) is 69.5. The number of alkyl halides is 9. The lowest BCUT2D eigenvalue weighted by Crippen LogP contribution is -2.39. The molecule has 1 aliphatic carbocycles. The lowest BCUT2D eigenvalue weighted by molar-refractivity contribution is -0.138. The highest BCUT2D eigenvalue weighted by molar-refractivity contribution is 7.88. The van der Waals surface area contributed by atoms with Crippen molar-refractivity contribution in [1.82, 2.24) is 61.6 Å². The van der Waals surface area contributed by atoms with Crippen molar-refractivity contribution in [3.05, 3.63) is 280 Å². The second-order valence-corrected chi connectivity index (χ2v) is 38.4. The van der Waals surface area contributed by atoms with E-state index in [1.165, 1.54) is 117 Å². The number of ether oxygens (including phenoxy) is 2. The third-order valence-electron chi connectivity index (χ3n) is 21.8. The molecule has 0 bridgehead atoms. The molecular formula is C90H94F9N13O10S3. The number of fused-ring (bicyclic) bond motifs is 3. The minimum atomic E-state index is -4.53. The molecule has 6 aromatic carbocycles. The maximum Gasteiger partial charge on any atom is 0.416 e. The number of carbonyl (C=O) groups excluding carboxylic acids is 2. The van der Waals surface area contributed by atoms with Crippen LogP contribution in [0.2, 0.25) is 0 Å². The molecule has 5 aliphatic heterocycles. The molecule has 0 atom stereocenters. The highest BCUT2D eigenvalue weighted by Gasteiger charge is 2.38. The first kappa shape index (κ1) is 91.5. The summed E-state index contributed by atoms with van der Waals surface area (Å²) in [4.78, 5) is 51.1.